The fraction of sp³-hybridized carbons (Fsp3) is 0.600. The largest absolute Gasteiger partial charge is 0.379 e. The summed E-state index contributed by atoms with van der Waals surface area (Å²) in [5, 5.41) is 3.29. The molecule has 0 aliphatic carbocycles. The second-order valence-electron chi connectivity index (χ2n) is 6.15. The van der Waals surface area contributed by atoms with E-state index in [0.29, 0.717) is 37.1 Å². The lowest BCUT2D eigenvalue weighted by Crippen LogP contribution is -2.46. The lowest BCUT2D eigenvalue weighted by atomic mass is 10.0. The summed E-state index contributed by atoms with van der Waals surface area (Å²) in [4.78, 5) is 0.304. The summed E-state index contributed by atoms with van der Waals surface area (Å²) in [5.41, 5.74) is 0.449. The van der Waals surface area contributed by atoms with Gasteiger partial charge in [-0.1, -0.05) is 26.0 Å². The Morgan fingerprint density at radius 3 is 2.76 bits per heavy atom. The Kier molecular flexibility index (Phi) is 5.03. The van der Waals surface area contributed by atoms with E-state index in [1.807, 2.05) is 13.0 Å². The van der Waals surface area contributed by atoms with Gasteiger partial charge in [0.05, 0.1) is 17.0 Å². The van der Waals surface area contributed by atoms with Crippen molar-refractivity contribution in [2.75, 3.05) is 13.2 Å². The van der Waals surface area contributed by atoms with E-state index in [-0.39, 0.29) is 0 Å². The number of hydrogen-bond donors (Lipinski definition) is 2. The van der Waals surface area contributed by atoms with E-state index < -0.39 is 15.6 Å². The Morgan fingerprint density at radius 1 is 1.38 bits per heavy atom. The highest BCUT2D eigenvalue weighted by Gasteiger charge is 2.34. The maximum atomic E-state index is 12.5. The standard InChI is InChI=1S/C15H24N2O3S/c1-12(2)16-10-13-5-4-6-14(9-13)21(18,19)17-15(3)7-8-20-11-15/h4-6,9,12,16-17H,7-8,10-11H2,1-3H3. The van der Waals surface area contributed by atoms with Gasteiger partial charge in [0.25, 0.3) is 0 Å². The van der Waals surface area contributed by atoms with Crippen LogP contribution in [0.1, 0.15) is 32.8 Å². The molecule has 1 saturated heterocycles. The molecule has 1 fully saturated rings. The summed E-state index contributed by atoms with van der Waals surface area (Å²) in [6.45, 7) is 7.66. The van der Waals surface area contributed by atoms with Gasteiger partial charge in [0.2, 0.25) is 10.0 Å². The molecule has 0 spiro atoms. The molecule has 6 heteroatoms. The zero-order valence-electron chi connectivity index (χ0n) is 12.8. The SMILES string of the molecule is CC(C)NCc1cccc(S(=O)(=O)NC2(C)CCOC2)c1. The van der Waals surface area contributed by atoms with Gasteiger partial charge >= 0.3 is 0 Å². The predicted molar refractivity (Wildman–Crippen MR) is 82.6 cm³/mol. The van der Waals surface area contributed by atoms with Gasteiger partial charge in [0, 0.05) is 19.2 Å². The van der Waals surface area contributed by atoms with Crippen LogP contribution in [0, 0.1) is 0 Å². The predicted octanol–water partition coefficient (Wildman–Crippen LogP) is 1.64. The number of nitrogens with one attached hydrogen (secondary N) is 2. The van der Waals surface area contributed by atoms with Crippen LogP contribution in [-0.2, 0) is 21.3 Å². The third kappa shape index (κ3) is 4.51. The van der Waals surface area contributed by atoms with Crippen LogP contribution in [0.25, 0.3) is 0 Å². The molecule has 0 aromatic heterocycles. The first-order valence-corrected chi connectivity index (χ1v) is 8.73. The molecule has 1 aliphatic rings. The normalized spacial score (nSPS) is 22.9. The van der Waals surface area contributed by atoms with E-state index in [9.17, 15) is 8.42 Å². The van der Waals surface area contributed by atoms with Gasteiger partial charge in [-0.3, -0.25) is 0 Å². The van der Waals surface area contributed by atoms with Crippen molar-refractivity contribution in [3.63, 3.8) is 0 Å². The fourth-order valence-electron chi connectivity index (χ4n) is 2.28. The van der Waals surface area contributed by atoms with E-state index in [4.69, 9.17) is 4.74 Å². The molecule has 21 heavy (non-hydrogen) atoms. The number of hydrogen-bond acceptors (Lipinski definition) is 4. The minimum atomic E-state index is -3.52. The first-order chi connectivity index (χ1) is 9.81. The quantitative estimate of drug-likeness (QED) is 0.838. The second kappa shape index (κ2) is 6.44. The molecular formula is C15H24N2O3S. The van der Waals surface area contributed by atoms with Crippen molar-refractivity contribution in [3.05, 3.63) is 29.8 Å². The van der Waals surface area contributed by atoms with Crippen molar-refractivity contribution in [1.82, 2.24) is 10.0 Å². The van der Waals surface area contributed by atoms with Crippen LogP contribution < -0.4 is 10.0 Å². The van der Waals surface area contributed by atoms with Crippen molar-refractivity contribution < 1.29 is 13.2 Å². The maximum Gasteiger partial charge on any atom is 0.241 e. The summed E-state index contributed by atoms with van der Waals surface area (Å²) in [6, 6.07) is 7.41. The molecule has 1 unspecified atom stereocenters. The third-order valence-electron chi connectivity index (χ3n) is 3.52. The number of benzene rings is 1. The summed E-state index contributed by atoms with van der Waals surface area (Å²) in [5.74, 6) is 0. The lowest BCUT2D eigenvalue weighted by molar-refractivity contribution is 0.178. The average Bonchev–Trinajstić information content (AvgIpc) is 2.82. The average molecular weight is 312 g/mol. The summed E-state index contributed by atoms with van der Waals surface area (Å²) in [6.07, 6.45) is 0.695. The molecule has 1 aromatic rings. The molecule has 1 aromatic carbocycles. The van der Waals surface area contributed by atoms with Gasteiger partial charge in [-0.05, 0) is 31.0 Å². The fourth-order valence-corrected chi connectivity index (χ4v) is 3.77. The molecule has 1 heterocycles. The summed E-state index contributed by atoms with van der Waals surface area (Å²) >= 11 is 0. The molecule has 0 radical (unpaired) electrons. The Bertz CT molecular complexity index is 578. The van der Waals surface area contributed by atoms with Gasteiger partial charge in [-0.2, -0.15) is 0 Å². The first kappa shape index (κ1) is 16.4. The Labute approximate surface area is 127 Å². The molecule has 1 aliphatic heterocycles. The molecule has 118 valence electrons. The van der Waals surface area contributed by atoms with E-state index in [1.54, 1.807) is 18.2 Å². The molecule has 5 nitrogen and oxygen atoms in total. The molecule has 2 N–H and O–H groups in total. The second-order valence-corrected chi connectivity index (χ2v) is 7.83. The molecule has 1 atom stereocenters. The molecule has 0 bridgehead atoms. The van der Waals surface area contributed by atoms with E-state index >= 15 is 0 Å². The molecular weight excluding hydrogens is 288 g/mol. The van der Waals surface area contributed by atoms with Gasteiger partial charge in [-0.15, -0.1) is 0 Å². The highest BCUT2D eigenvalue weighted by molar-refractivity contribution is 7.89. The Hall–Kier alpha value is -0.950. The number of rotatable bonds is 6. The highest BCUT2D eigenvalue weighted by atomic mass is 32.2. The number of sulfonamides is 1. The zero-order chi connectivity index (χ0) is 15.5. The van der Waals surface area contributed by atoms with Crippen molar-refractivity contribution in [3.8, 4) is 0 Å². The molecule has 0 amide bonds. The minimum absolute atomic E-state index is 0.304. The summed E-state index contributed by atoms with van der Waals surface area (Å²) in [7, 11) is -3.52. The summed E-state index contributed by atoms with van der Waals surface area (Å²) < 4.78 is 33.1. The molecule has 0 saturated carbocycles. The van der Waals surface area contributed by atoms with Crippen LogP contribution in [-0.4, -0.2) is 33.2 Å². The van der Waals surface area contributed by atoms with Crippen molar-refractivity contribution in [2.24, 2.45) is 0 Å². The monoisotopic (exact) mass is 312 g/mol. The number of ether oxygens (including phenoxy) is 1. The Balaban J connectivity index is 2.14. The van der Waals surface area contributed by atoms with Crippen LogP contribution in [0.4, 0.5) is 0 Å². The van der Waals surface area contributed by atoms with Crippen LogP contribution in [0.5, 0.6) is 0 Å². The van der Waals surface area contributed by atoms with Gasteiger partial charge < -0.3 is 10.1 Å². The van der Waals surface area contributed by atoms with E-state index in [2.05, 4.69) is 23.9 Å². The van der Waals surface area contributed by atoms with Crippen LogP contribution in [0.15, 0.2) is 29.2 Å². The van der Waals surface area contributed by atoms with Crippen LogP contribution in [0.2, 0.25) is 0 Å². The topological polar surface area (TPSA) is 67.4 Å². The highest BCUT2D eigenvalue weighted by Crippen LogP contribution is 2.21. The first-order valence-electron chi connectivity index (χ1n) is 7.25. The van der Waals surface area contributed by atoms with Gasteiger partial charge in [-0.25, -0.2) is 13.1 Å². The zero-order valence-corrected chi connectivity index (χ0v) is 13.7. The van der Waals surface area contributed by atoms with E-state index in [0.717, 1.165) is 5.56 Å². The Morgan fingerprint density at radius 2 is 2.14 bits per heavy atom. The lowest BCUT2D eigenvalue weighted by Gasteiger charge is -2.23. The van der Waals surface area contributed by atoms with Gasteiger partial charge in [0.15, 0.2) is 0 Å². The van der Waals surface area contributed by atoms with Crippen LogP contribution >= 0.6 is 0 Å². The smallest absolute Gasteiger partial charge is 0.241 e. The van der Waals surface area contributed by atoms with Crippen LogP contribution in [0.3, 0.4) is 0 Å². The third-order valence-corrected chi connectivity index (χ3v) is 5.16. The molecule has 2 rings (SSSR count). The minimum Gasteiger partial charge on any atom is -0.379 e. The van der Waals surface area contributed by atoms with Crippen molar-refractivity contribution in [1.29, 1.82) is 0 Å². The van der Waals surface area contributed by atoms with E-state index in [1.165, 1.54) is 0 Å². The van der Waals surface area contributed by atoms with Gasteiger partial charge in [0.1, 0.15) is 0 Å². The van der Waals surface area contributed by atoms with Crippen molar-refractivity contribution >= 4 is 10.0 Å². The maximum absolute atomic E-state index is 12.5. The van der Waals surface area contributed by atoms with Crippen molar-refractivity contribution in [2.45, 2.75) is 50.2 Å².